The van der Waals surface area contributed by atoms with Gasteiger partial charge in [0.2, 0.25) is 5.91 Å². The highest BCUT2D eigenvalue weighted by molar-refractivity contribution is 5.76. The first-order valence-corrected chi connectivity index (χ1v) is 29.3. The first kappa shape index (κ1) is 64.1. The molecule has 0 aliphatic carbocycles. The van der Waals surface area contributed by atoms with Crippen LogP contribution < -0.4 is 5.32 Å². The molecule has 66 heavy (non-hydrogen) atoms. The number of carbonyl (C=O) groups excluding carboxylic acids is 2. The molecule has 6 heteroatoms. The first-order chi connectivity index (χ1) is 32.5. The number of aliphatic hydroxyl groups is 2. The lowest BCUT2D eigenvalue weighted by Gasteiger charge is -2.20. The largest absolute Gasteiger partial charge is 0.466 e. The summed E-state index contributed by atoms with van der Waals surface area (Å²) in [7, 11) is 0. The molecule has 0 aromatic heterocycles. The normalized spacial score (nSPS) is 12.8. The summed E-state index contributed by atoms with van der Waals surface area (Å²) in [6.45, 7) is 4.85. The molecule has 0 aromatic carbocycles. The lowest BCUT2D eigenvalue weighted by molar-refractivity contribution is -0.143. The zero-order chi connectivity index (χ0) is 47.9. The molecule has 0 rings (SSSR count). The average Bonchev–Trinajstić information content (AvgIpc) is 3.32. The van der Waals surface area contributed by atoms with E-state index in [1.54, 1.807) is 6.08 Å². The molecule has 3 N–H and O–H groups in total. The highest BCUT2D eigenvalue weighted by atomic mass is 16.5. The zero-order valence-corrected chi connectivity index (χ0v) is 44.2. The summed E-state index contributed by atoms with van der Waals surface area (Å²) in [5.41, 5.74) is 0. The molecule has 388 valence electrons. The Balaban J connectivity index is 3.55. The Kier molecular flexibility index (Phi) is 54.1. The average molecular weight is 929 g/mol. The predicted molar refractivity (Wildman–Crippen MR) is 287 cm³/mol. The van der Waals surface area contributed by atoms with Crippen LogP contribution in [0.1, 0.15) is 309 Å². The molecule has 1 amide bonds. The minimum atomic E-state index is -0.860. The Morgan fingerprint density at radius 2 is 0.742 bits per heavy atom. The van der Waals surface area contributed by atoms with Crippen molar-refractivity contribution >= 4 is 11.9 Å². The quantitative estimate of drug-likeness (QED) is 0.0244. The van der Waals surface area contributed by atoms with Crippen molar-refractivity contribution in [1.82, 2.24) is 5.32 Å². The molecule has 0 fully saturated rings. The summed E-state index contributed by atoms with van der Waals surface area (Å²) in [5.74, 6) is -0.111. The van der Waals surface area contributed by atoms with Gasteiger partial charge in [0.15, 0.2) is 0 Å². The van der Waals surface area contributed by atoms with Crippen LogP contribution in [0.4, 0.5) is 0 Å². The van der Waals surface area contributed by atoms with E-state index in [-0.39, 0.29) is 18.5 Å². The molecule has 2 unspecified atom stereocenters. The molecule has 6 nitrogen and oxygen atoms in total. The summed E-state index contributed by atoms with van der Waals surface area (Å²) >= 11 is 0. The minimum absolute atomic E-state index is 0.0230. The van der Waals surface area contributed by atoms with Gasteiger partial charge >= 0.3 is 5.97 Å². The highest BCUT2D eigenvalue weighted by Gasteiger charge is 2.18. The fourth-order valence-electron chi connectivity index (χ4n) is 8.92. The van der Waals surface area contributed by atoms with E-state index in [1.165, 1.54) is 205 Å². The van der Waals surface area contributed by atoms with Gasteiger partial charge in [-0.1, -0.05) is 269 Å². The van der Waals surface area contributed by atoms with Gasteiger partial charge in [-0.05, 0) is 64.2 Å². The highest BCUT2D eigenvalue weighted by Crippen LogP contribution is 2.17. The number of rotatable bonds is 54. The summed E-state index contributed by atoms with van der Waals surface area (Å²) in [5, 5.41) is 23.2. The van der Waals surface area contributed by atoms with E-state index in [0.29, 0.717) is 19.4 Å². The van der Waals surface area contributed by atoms with Gasteiger partial charge in [0.25, 0.3) is 0 Å². The number of aliphatic hydroxyl groups excluding tert-OH is 2. The van der Waals surface area contributed by atoms with Gasteiger partial charge in [-0.15, -0.1) is 0 Å². The van der Waals surface area contributed by atoms with Crippen LogP contribution in [0.3, 0.4) is 0 Å². The van der Waals surface area contributed by atoms with Gasteiger partial charge in [-0.25, -0.2) is 0 Å². The molecule has 0 bridgehead atoms. The third kappa shape index (κ3) is 51.5. The lowest BCUT2D eigenvalue weighted by atomic mass is 10.0. The van der Waals surface area contributed by atoms with Crippen molar-refractivity contribution in [1.29, 1.82) is 0 Å². The summed E-state index contributed by atoms with van der Waals surface area (Å²) in [4.78, 5) is 24.5. The van der Waals surface area contributed by atoms with E-state index in [2.05, 4.69) is 43.5 Å². The molecule has 0 saturated carbocycles. The van der Waals surface area contributed by atoms with Crippen LogP contribution in [0.25, 0.3) is 0 Å². The van der Waals surface area contributed by atoms with Gasteiger partial charge in [0.05, 0.1) is 25.4 Å². The monoisotopic (exact) mass is 928 g/mol. The third-order valence-electron chi connectivity index (χ3n) is 13.4. The van der Waals surface area contributed by atoms with Crippen LogP contribution in [0, 0.1) is 0 Å². The van der Waals surface area contributed by atoms with Gasteiger partial charge in [-0.2, -0.15) is 0 Å². The van der Waals surface area contributed by atoms with Gasteiger partial charge in [0, 0.05) is 12.8 Å². The molecule has 0 heterocycles. The van der Waals surface area contributed by atoms with Crippen molar-refractivity contribution in [2.24, 2.45) is 0 Å². The van der Waals surface area contributed by atoms with Crippen molar-refractivity contribution in [2.45, 2.75) is 321 Å². The Morgan fingerprint density at radius 3 is 1.12 bits per heavy atom. The van der Waals surface area contributed by atoms with E-state index in [9.17, 15) is 19.8 Å². The Bertz CT molecular complexity index is 1070. The fourth-order valence-corrected chi connectivity index (χ4v) is 8.92. The second kappa shape index (κ2) is 55.7. The number of unbranched alkanes of at least 4 members (excludes halogenated alkanes) is 40. The maximum atomic E-state index is 12.5. The maximum Gasteiger partial charge on any atom is 0.305 e. The number of hydrogen-bond acceptors (Lipinski definition) is 5. The van der Waals surface area contributed by atoms with E-state index >= 15 is 0 Å². The van der Waals surface area contributed by atoms with Gasteiger partial charge in [0.1, 0.15) is 0 Å². The molecular formula is C60H113NO5. The number of amides is 1. The fraction of sp³-hybridized carbons (Fsp3) is 0.867. The number of allylic oxidation sites excluding steroid dienone is 5. The van der Waals surface area contributed by atoms with Crippen LogP contribution >= 0.6 is 0 Å². The zero-order valence-electron chi connectivity index (χ0n) is 44.2. The van der Waals surface area contributed by atoms with Crippen LogP contribution in [0.5, 0.6) is 0 Å². The standard InChI is InChI=1S/C60H113NO5/c1-3-5-7-9-11-13-15-16-17-18-19-20-21-22-23-24-26-29-33-36-40-44-48-52-58(63)57(56-62)61-59(64)53-49-45-41-37-34-30-27-25-28-31-35-39-43-47-51-55-66-60(65)54-50-46-42-38-32-14-12-10-8-6-4-2/h25,28,31,35,48,52,57-58,62-63H,3-24,26-27,29-30,32-34,36-47,49-51,53-56H2,1-2H3,(H,61,64)/b28-25-,35-31-,52-48+. The van der Waals surface area contributed by atoms with Crippen molar-refractivity contribution in [3.63, 3.8) is 0 Å². The van der Waals surface area contributed by atoms with E-state index in [0.717, 1.165) is 77.0 Å². The Morgan fingerprint density at radius 1 is 0.424 bits per heavy atom. The van der Waals surface area contributed by atoms with Crippen LogP contribution in [0.15, 0.2) is 36.5 Å². The molecule has 0 aliphatic rings. The lowest BCUT2D eigenvalue weighted by Crippen LogP contribution is -2.45. The molecule has 0 aromatic rings. The Labute approximate surface area is 411 Å². The second-order valence-electron chi connectivity index (χ2n) is 20.0. The number of ether oxygens (including phenoxy) is 1. The van der Waals surface area contributed by atoms with Gasteiger partial charge < -0.3 is 20.3 Å². The van der Waals surface area contributed by atoms with Crippen molar-refractivity contribution < 1.29 is 24.5 Å². The molecule has 2 atom stereocenters. The first-order valence-electron chi connectivity index (χ1n) is 29.3. The molecule has 0 radical (unpaired) electrons. The predicted octanol–water partition coefficient (Wildman–Crippen LogP) is 18.0. The number of nitrogens with one attached hydrogen (secondary N) is 1. The topological polar surface area (TPSA) is 95.9 Å². The molecule has 0 saturated heterocycles. The second-order valence-corrected chi connectivity index (χ2v) is 20.0. The number of hydrogen-bond donors (Lipinski definition) is 3. The minimum Gasteiger partial charge on any atom is -0.466 e. The van der Waals surface area contributed by atoms with Crippen molar-refractivity contribution in [3.8, 4) is 0 Å². The maximum absolute atomic E-state index is 12.5. The summed E-state index contributed by atoms with van der Waals surface area (Å²) in [6.07, 6.45) is 68.9. The molecular weight excluding hydrogens is 815 g/mol. The van der Waals surface area contributed by atoms with Crippen molar-refractivity contribution in [2.75, 3.05) is 13.2 Å². The molecule has 0 aliphatic heterocycles. The summed E-state index contributed by atoms with van der Waals surface area (Å²) < 4.78 is 5.43. The van der Waals surface area contributed by atoms with E-state index in [4.69, 9.17) is 4.74 Å². The number of esters is 1. The summed E-state index contributed by atoms with van der Waals surface area (Å²) in [6, 6.07) is -0.645. The third-order valence-corrected chi connectivity index (χ3v) is 13.4. The molecule has 0 spiro atoms. The SMILES string of the molecule is CCCCCCCCCCCCCCCCCCCCCCC/C=C/C(O)C(CO)NC(=O)CCCCCCCC/C=C\C=C/CCCCCOC(=O)CCCCCCCCCCCCC. The van der Waals surface area contributed by atoms with E-state index in [1.807, 2.05) is 6.08 Å². The number of carbonyl (C=O) groups is 2. The Hall–Kier alpha value is -1.92. The van der Waals surface area contributed by atoms with Crippen LogP contribution in [0.2, 0.25) is 0 Å². The van der Waals surface area contributed by atoms with E-state index < -0.39 is 12.1 Å². The smallest absolute Gasteiger partial charge is 0.305 e. The van der Waals surface area contributed by atoms with Gasteiger partial charge in [-0.3, -0.25) is 9.59 Å². The van der Waals surface area contributed by atoms with Crippen molar-refractivity contribution in [3.05, 3.63) is 36.5 Å². The van der Waals surface area contributed by atoms with Crippen LogP contribution in [-0.4, -0.2) is 47.4 Å². The van der Waals surface area contributed by atoms with Crippen LogP contribution in [-0.2, 0) is 14.3 Å².